The molecule has 396 valence electrons. The van der Waals surface area contributed by atoms with Crippen molar-refractivity contribution in [2.24, 2.45) is 7.05 Å². The van der Waals surface area contributed by atoms with Gasteiger partial charge in [-0.05, 0) is 134 Å². The first-order valence-electron chi connectivity index (χ1n) is 25.4. The fourth-order valence-corrected chi connectivity index (χ4v) is 11.5. The molecule has 2 saturated heterocycles. The van der Waals surface area contributed by atoms with Gasteiger partial charge in [-0.15, -0.1) is 11.3 Å². The van der Waals surface area contributed by atoms with Crippen LogP contribution in [0.2, 0.25) is 0 Å². The predicted octanol–water partition coefficient (Wildman–Crippen LogP) is 6.66. The van der Waals surface area contributed by atoms with Gasteiger partial charge in [-0.2, -0.15) is 0 Å². The standard InChI is InChI=1S/C53H66FN9O9S2/c1-33(2)74(69,70)62-31-41(40-14-6-7-16-44(40)62)49(65)56-42(50(66)59-52-57-43(32-73-52)37-26-38(54)28-39(27-37)61-29-34(3)72-35(4)30-61)15-8-9-21-55-22-10-11-23-71-24-12-13-36-17-18-45-47(25-36)60(5)53(68)63(45)46-19-20-48(64)58-51(46)67/h6-7,14,16-18,25-28,31-35,42,46,55H,8-13,15,19-24,29-30H2,1-5H3,(H,56,65)(H,57,59,66)(H,58,64,67)/t34-,35+,42-,46?/m0/s1. The first-order chi connectivity index (χ1) is 35.5. The van der Waals surface area contributed by atoms with Gasteiger partial charge in [0.25, 0.3) is 5.91 Å². The number of morpholine rings is 1. The molecule has 74 heavy (non-hydrogen) atoms. The van der Waals surface area contributed by atoms with Crippen LogP contribution in [0.1, 0.15) is 101 Å². The Hall–Kier alpha value is -6.26. The molecule has 0 aliphatic carbocycles. The normalized spacial score (nSPS) is 17.8. The van der Waals surface area contributed by atoms with Crippen LogP contribution < -0.4 is 31.9 Å². The minimum absolute atomic E-state index is 0.0156. The van der Waals surface area contributed by atoms with Crippen molar-refractivity contribution in [2.75, 3.05) is 49.6 Å². The molecule has 3 aromatic carbocycles. The molecule has 8 rings (SSSR count). The Morgan fingerprint density at radius 2 is 1.68 bits per heavy atom. The van der Waals surface area contributed by atoms with Crippen LogP contribution in [0.25, 0.3) is 33.2 Å². The number of nitrogens with one attached hydrogen (secondary N) is 4. The molecule has 21 heteroatoms. The maximum absolute atomic E-state index is 15.0. The van der Waals surface area contributed by atoms with E-state index in [1.54, 1.807) is 50.5 Å². The van der Waals surface area contributed by atoms with Crippen LogP contribution in [0, 0.1) is 5.82 Å². The van der Waals surface area contributed by atoms with Crippen molar-refractivity contribution in [3.8, 4) is 11.3 Å². The van der Waals surface area contributed by atoms with Gasteiger partial charge in [0.2, 0.25) is 27.7 Å². The number of thiazole rings is 1. The third-order valence-corrected chi connectivity index (χ3v) is 16.3. The zero-order chi connectivity index (χ0) is 52.7. The lowest BCUT2D eigenvalue weighted by Crippen LogP contribution is -2.45. The number of unbranched alkanes of at least 4 members (excludes halogenated alkanes) is 2. The fourth-order valence-electron chi connectivity index (χ4n) is 9.68. The molecule has 0 saturated carbocycles. The van der Waals surface area contributed by atoms with Gasteiger partial charge in [0, 0.05) is 68.0 Å². The number of ether oxygens (including phenoxy) is 2. The van der Waals surface area contributed by atoms with E-state index in [4.69, 9.17) is 9.47 Å². The number of benzene rings is 3. The zero-order valence-corrected chi connectivity index (χ0v) is 44.2. The number of hydrogen-bond donors (Lipinski definition) is 4. The SMILES string of the molecule is CC(C)S(=O)(=O)n1cc(C(=O)N[C@@H](CCCCNCCCCOCCCc2ccc3c(c2)n(C)c(=O)n3C2CCC(=O)NC2=O)C(=O)Nc2nc(-c3cc(F)cc(N4C[C@@H](C)O[C@@H](C)C4)c3)cs2)c2ccccc21. The summed E-state index contributed by atoms with van der Waals surface area (Å²) >= 11 is 1.19. The van der Waals surface area contributed by atoms with E-state index in [1.807, 2.05) is 38.1 Å². The molecule has 0 bridgehead atoms. The number of aryl methyl sites for hydroxylation is 2. The van der Waals surface area contributed by atoms with Crippen molar-refractivity contribution in [1.82, 2.24) is 34.0 Å². The van der Waals surface area contributed by atoms with Crippen LogP contribution in [-0.2, 0) is 47.3 Å². The van der Waals surface area contributed by atoms with Crippen molar-refractivity contribution in [3.63, 3.8) is 0 Å². The minimum Gasteiger partial charge on any atom is -0.381 e. The van der Waals surface area contributed by atoms with Gasteiger partial charge < -0.3 is 30.3 Å². The van der Waals surface area contributed by atoms with Gasteiger partial charge in [0.15, 0.2) is 5.13 Å². The van der Waals surface area contributed by atoms with Crippen molar-refractivity contribution < 1.29 is 41.5 Å². The topological polar surface area (TPSA) is 217 Å². The maximum atomic E-state index is 15.0. The van der Waals surface area contributed by atoms with E-state index < -0.39 is 50.9 Å². The summed E-state index contributed by atoms with van der Waals surface area (Å²) in [6.07, 6.45) is 6.67. The molecule has 0 radical (unpaired) electrons. The third-order valence-electron chi connectivity index (χ3n) is 13.5. The van der Waals surface area contributed by atoms with Gasteiger partial charge in [0.05, 0.1) is 45.3 Å². The molecule has 3 aromatic heterocycles. The summed E-state index contributed by atoms with van der Waals surface area (Å²) in [6, 6.07) is 15.6. The smallest absolute Gasteiger partial charge is 0.329 e. The van der Waals surface area contributed by atoms with Crippen LogP contribution in [-0.4, -0.2) is 113 Å². The van der Waals surface area contributed by atoms with E-state index in [2.05, 4.69) is 31.2 Å². The molecule has 4 N–H and O–H groups in total. The average molecular weight is 1060 g/mol. The molecular weight excluding hydrogens is 990 g/mol. The molecule has 0 spiro atoms. The Morgan fingerprint density at radius 3 is 2.43 bits per heavy atom. The van der Waals surface area contributed by atoms with Crippen molar-refractivity contribution in [2.45, 2.75) is 115 Å². The molecule has 2 fully saturated rings. The largest absolute Gasteiger partial charge is 0.381 e. The number of imidazole rings is 1. The lowest BCUT2D eigenvalue weighted by molar-refractivity contribution is -0.135. The average Bonchev–Trinajstić information content (AvgIpc) is 4.07. The van der Waals surface area contributed by atoms with E-state index in [1.165, 1.54) is 38.8 Å². The van der Waals surface area contributed by atoms with Crippen molar-refractivity contribution >= 4 is 77.7 Å². The summed E-state index contributed by atoms with van der Waals surface area (Å²) in [6.45, 7) is 11.0. The highest BCUT2D eigenvalue weighted by atomic mass is 32.2. The van der Waals surface area contributed by atoms with Crippen LogP contribution >= 0.6 is 11.3 Å². The van der Waals surface area contributed by atoms with Crippen molar-refractivity contribution in [3.05, 3.63) is 99.7 Å². The second-order valence-electron chi connectivity index (χ2n) is 19.5. The number of carbonyl (C=O) groups is 4. The number of amides is 4. The lowest BCUT2D eigenvalue weighted by Gasteiger charge is -2.37. The first kappa shape index (κ1) is 54.0. The highest BCUT2D eigenvalue weighted by Crippen LogP contribution is 2.32. The second-order valence-corrected chi connectivity index (χ2v) is 22.8. The van der Waals surface area contributed by atoms with E-state index in [-0.39, 0.29) is 47.3 Å². The van der Waals surface area contributed by atoms with E-state index in [0.29, 0.717) is 85.5 Å². The van der Waals surface area contributed by atoms with Crippen LogP contribution in [0.15, 0.2) is 77.0 Å². The number of imide groups is 1. The Balaban J connectivity index is 0.815. The summed E-state index contributed by atoms with van der Waals surface area (Å²) in [5.74, 6) is -2.27. The first-order valence-corrected chi connectivity index (χ1v) is 27.8. The molecule has 6 aromatic rings. The molecule has 18 nitrogen and oxygen atoms in total. The number of piperidine rings is 1. The molecule has 5 heterocycles. The summed E-state index contributed by atoms with van der Waals surface area (Å²) in [7, 11) is -2.13. The number of nitrogens with zero attached hydrogens (tertiary/aromatic N) is 5. The number of carbonyl (C=O) groups excluding carboxylic acids is 4. The van der Waals surface area contributed by atoms with Gasteiger partial charge in [0.1, 0.15) is 17.9 Å². The number of hydrogen-bond acceptors (Lipinski definition) is 13. The Labute approximate surface area is 434 Å². The molecule has 2 aliphatic heterocycles. The Morgan fingerprint density at radius 1 is 0.932 bits per heavy atom. The summed E-state index contributed by atoms with van der Waals surface area (Å²) < 4.78 is 57.7. The van der Waals surface area contributed by atoms with Gasteiger partial charge in [-0.3, -0.25) is 33.6 Å². The molecule has 4 amide bonds. The van der Waals surface area contributed by atoms with Crippen LogP contribution in [0.3, 0.4) is 0 Å². The highest BCUT2D eigenvalue weighted by Gasteiger charge is 2.32. The van der Waals surface area contributed by atoms with Gasteiger partial charge in [-0.25, -0.2) is 26.6 Å². The van der Waals surface area contributed by atoms with Crippen molar-refractivity contribution in [1.29, 1.82) is 0 Å². The molecule has 4 atom stereocenters. The van der Waals surface area contributed by atoms with E-state index in [9.17, 15) is 32.4 Å². The summed E-state index contributed by atoms with van der Waals surface area (Å²) in [5.41, 5.74) is 4.40. The van der Waals surface area contributed by atoms with Crippen LogP contribution in [0.5, 0.6) is 0 Å². The number of halogens is 1. The van der Waals surface area contributed by atoms with E-state index >= 15 is 4.39 Å². The van der Waals surface area contributed by atoms with Crippen LogP contribution in [0.4, 0.5) is 15.2 Å². The predicted molar refractivity (Wildman–Crippen MR) is 285 cm³/mol. The van der Waals surface area contributed by atoms with Gasteiger partial charge in [-0.1, -0.05) is 24.3 Å². The third kappa shape index (κ3) is 12.6. The lowest BCUT2D eigenvalue weighted by atomic mass is 10.1. The maximum Gasteiger partial charge on any atom is 0.329 e. The minimum atomic E-state index is -3.81. The number of para-hydroxylation sites is 1. The molecular formula is C53H66FN9O9S2. The quantitative estimate of drug-likeness (QED) is 0.0392. The molecule has 1 unspecified atom stereocenters. The number of aromatic nitrogens is 4. The molecule has 2 aliphatic rings. The van der Waals surface area contributed by atoms with Gasteiger partial charge >= 0.3 is 5.69 Å². The Bertz CT molecular complexity index is 3170. The zero-order valence-electron chi connectivity index (χ0n) is 42.5. The summed E-state index contributed by atoms with van der Waals surface area (Å²) in [5, 5.41) is 13.3. The summed E-state index contributed by atoms with van der Waals surface area (Å²) in [4.78, 5) is 72.2. The highest BCUT2D eigenvalue weighted by molar-refractivity contribution is 7.90. The number of anilines is 2. The number of fused-ring (bicyclic) bond motifs is 2. The number of rotatable bonds is 23. The fraction of sp³-hybridized carbons (Fsp3) is 0.472. The van der Waals surface area contributed by atoms with E-state index in [0.717, 1.165) is 47.3 Å². The monoisotopic (exact) mass is 1060 g/mol. The second kappa shape index (κ2) is 24.0. The Kier molecular flexibility index (Phi) is 17.5.